The van der Waals surface area contributed by atoms with Crippen LogP contribution in [0.3, 0.4) is 0 Å². The molecule has 0 bridgehead atoms. The predicted octanol–water partition coefficient (Wildman–Crippen LogP) is 3.82. The Labute approximate surface area is 152 Å². The maximum atomic E-state index is 13.7. The maximum absolute atomic E-state index is 13.7. The van der Waals surface area contributed by atoms with Crippen molar-refractivity contribution in [2.45, 2.75) is 0 Å². The summed E-state index contributed by atoms with van der Waals surface area (Å²) in [4.78, 5) is 11.5. The molecule has 0 radical (unpaired) electrons. The number of ether oxygens (including phenoxy) is 1. The molecule has 5 heteroatoms. The lowest BCUT2D eigenvalue weighted by Crippen LogP contribution is -2.14. The number of carbonyl (C=O) groups excluding carboxylic acids is 1. The summed E-state index contributed by atoms with van der Waals surface area (Å²) < 4.78 is 22.9. The van der Waals surface area contributed by atoms with Crippen LogP contribution in [0, 0.1) is 0 Å². The van der Waals surface area contributed by atoms with Gasteiger partial charge in [-0.15, -0.1) is 0 Å². The molecular weight excluding hydrogens is 345 g/mol. The zero-order valence-corrected chi connectivity index (χ0v) is 15.2. The topological polar surface area (TPSA) is 55.7 Å². The van der Waals surface area contributed by atoms with Crippen molar-refractivity contribution < 1.29 is 14.1 Å². The first-order chi connectivity index (χ1) is 12.6. The van der Waals surface area contributed by atoms with E-state index in [9.17, 15) is 9.36 Å². The third kappa shape index (κ3) is 3.81. The fourth-order valence-corrected chi connectivity index (χ4v) is 4.53. The zero-order chi connectivity index (χ0) is 18.4. The molecular formula is C21H18NO3P. The van der Waals surface area contributed by atoms with E-state index < -0.39 is 13.3 Å². The summed E-state index contributed by atoms with van der Waals surface area (Å²) in [5.74, 6) is -0.396. The minimum atomic E-state index is -3.15. The van der Waals surface area contributed by atoms with Gasteiger partial charge in [-0.3, -0.25) is 4.57 Å². The van der Waals surface area contributed by atoms with Crippen LogP contribution in [0.1, 0.15) is 15.9 Å². The molecule has 3 aromatic carbocycles. The van der Waals surface area contributed by atoms with Crippen molar-refractivity contribution in [1.82, 2.24) is 0 Å². The van der Waals surface area contributed by atoms with E-state index in [1.54, 1.807) is 30.5 Å². The van der Waals surface area contributed by atoms with Crippen molar-refractivity contribution >= 4 is 30.1 Å². The number of hydrogen-bond acceptors (Lipinski definition) is 3. The number of carbonyl (C=O) groups is 1. The molecule has 0 atom stereocenters. The minimum Gasteiger partial charge on any atom is -0.465 e. The normalized spacial score (nSPS) is 11.4. The van der Waals surface area contributed by atoms with E-state index in [1.807, 2.05) is 60.7 Å². The summed E-state index contributed by atoms with van der Waals surface area (Å²) in [7, 11) is -1.81. The summed E-state index contributed by atoms with van der Waals surface area (Å²) >= 11 is 0. The molecule has 0 spiro atoms. The summed E-state index contributed by atoms with van der Waals surface area (Å²) in [5, 5.41) is 1.35. The monoisotopic (exact) mass is 363 g/mol. The van der Waals surface area contributed by atoms with Crippen molar-refractivity contribution in [2.24, 2.45) is 4.76 Å². The number of hydrogen-bond donors (Lipinski definition) is 0. The highest BCUT2D eigenvalue weighted by molar-refractivity contribution is 7.77. The summed E-state index contributed by atoms with van der Waals surface area (Å²) in [6.45, 7) is 0. The first-order valence-corrected chi connectivity index (χ1v) is 9.75. The van der Waals surface area contributed by atoms with E-state index in [-0.39, 0.29) is 0 Å². The van der Waals surface area contributed by atoms with Crippen LogP contribution in [0.15, 0.2) is 89.7 Å². The van der Waals surface area contributed by atoms with Crippen LogP contribution in [0.5, 0.6) is 0 Å². The van der Waals surface area contributed by atoms with Gasteiger partial charge in [0.05, 0.1) is 12.7 Å². The first-order valence-electron chi connectivity index (χ1n) is 8.09. The Morgan fingerprint density at radius 2 is 1.35 bits per heavy atom. The lowest BCUT2D eigenvalue weighted by molar-refractivity contribution is 0.0600. The summed E-state index contributed by atoms with van der Waals surface area (Å²) in [5.41, 5.74) is 1.21. The standard InChI is InChI=1S/C21H18NO3P/c1-25-21(23)18-14-12-17(13-15-18)16-22-26(24,19-8-4-2-5-9-19)20-10-6-3-7-11-20/h2-16H,1H3. The molecule has 0 aliphatic heterocycles. The average Bonchev–Trinajstić information content (AvgIpc) is 2.73. The van der Waals surface area contributed by atoms with Crippen molar-refractivity contribution in [1.29, 1.82) is 0 Å². The Hall–Kier alpha value is -2.97. The molecule has 0 aliphatic carbocycles. The van der Waals surface area contributed by atoms with E-state index in [0.29, 0.717) is 16.2 Å². The molecule has 4 nitrogen and oxygen atoms in total. The third-order valence-corrected chi connectivity index (χ3v) is 6.35. The van der Waals surface area contributed by atoms with Crippen LogP contribution in [0.2, 0.25) is 0 Å². The van der Waals surface area contributed by atoms with Crippen molar-refractivity contribution in [3.63, 3.8) is 0 Å². The summed E-state index contributed by atoms with van der Waals surface area (Å²) in [6.07, 6.45) is 1.59. The molecule has 3 rings (SSSR count). The fraction of sp³-hybridized carbons (Fsp3) is 0.0476. The van der Waals surface area contributed by atoms with Gasteiger partial charge in [0, 0.05) is 16.8 Å². The maximum Gasteiger partial charge on any atom is 0.337 e. The zero-order valence-electron chi connectivity index (χ0n) is 14.3. The lowest BCUT2D eigenvalue weighted by Gasteiger charge is -2.14. The number of nitrogens with zero attached hydrogens (tertiary/aromatic N) is 1. The average molecular weight is 363 g/mol. The van der Waals surface area contributed by atoms with Crippen LogP contribution < -0.4 is 10.6 Å². The molecule has 0 saturated heterocycles. The number of esters is 1. The number of methoxy groups -OCH3 is 1. The molecule has 26 heavy (non-hydrogen) atoms. The SMILES string of the molecule is COC(=O)c1ccc(C=NP(=O)(c2ccccc2)c2ccccc2)cc1. The van der Waals surface area contributed by atoms with Crippen LogP contribution in [0.4, 0.5) is 0 Å². The smallest absolute Gasteiger partial charge is 0.337 e. The van der Waals surface area contributed by atoms with Gasteiger partial charge in [0.1, 0.15) is 0 Å². The van der Waals surface area contributed by atoms with Gasteiger partial charge in [-0.1, -0.05) is 48.5 Å². The van der Waals surface area contributed by atoms with Gasteiger partial charge < -0.3 is 4.74 Å². The van der Waals surface area contributed by atoms with E-state index >= 15 is 0 Å². The molecule has 0 fully saturated rings. The number of benzene rings is 3. The molecule has 0 heterocycles. The second-order valence-corrected chi connectivity index (χ2v) is 8.02. The summed E-state index contributed by atoms with van der Waals surface area (Å²) in [6, 6.07) is 25.3. The lowest BCUT2D eigenvalue weighted by atomic mass is 10.1. The highest BCUT2D eigenvalue weighted by Gasteiger charge is 2.25. The van der Waals surface area contributed by atoms with Crippen LogP contribution in [0.25, 0.3) is 0 Å². The second kappa shape index (κ2) is 7.94. The molecule has 0 amide bonds. The quantitative estimate of drug-likeness (QED) is 0.393. The van der Waals surface area contributed by atoms with Gasteiger partial charge in [-0.2, -0.15) is 0 Å². The van der Waals surface area contributed by atoms with E-state index in [2.05, 4.69) is 9.50 Å². The minimum absolute atomic E-state index is 0.396. The van der Waals surface area contributed by atoms with Gasteiger partial charge in [-0.05, 0) is 42.0 Å². The Kier molecular flexibility index (Phi) is 5.45. The Morgan fingerprint density at radius 1 is 0.846 bits per heavy atom. The van der Waals surface area contributed by atoms with Crippen LogP contribution in [-0.2, 0) is 9.30 Å². The highest BCUT2D eigenvalue weighted by Crippen LogP contribution is 2.44. The van der Waals surface area contributed by atoms with Gasteiger partial charge in [-0.25, -0.2) is 9.56 Å². The Balaban J connectivity index is 1.98. The van der Waals surface area contributed by atoms with Gasteiger partial charge in [0.2, 0.25) is 7.29 Å². The van der Waals surface area contributed by atoms with E-state index in [4.69, 9.17) is 0 Å². The first kappa shape index (κ1) is 17.8. The predicted molar refractivity (Wildman–Crippen MR) is 105 cm³/mol. The van der Waals surface area contributed by atoms with Gasteiger partial charge >= 0.3 is 5.97 Å². The molecule has 3 aromatic rings. The van der Waals surface area contributed by atoms with E-state index in [1.165, 1.54) is 7.11 Å². The van der Waals surface area contributed by atoms with Crippen molar-refractivity contribution in [3.8, 4) is 0 Å². The largest absolute Gasteiger partial charge is 0.465 e. The number of rotatable bonds is 5. The molecule has 0 aliphatic rings. The Morgan fingerprint density at radius 3 is 1.81 bits per heavy atom. The molecule has 0 unspecified atom stereocenters. The van der Waals surface area contributed by atoms with Crippen molar-refractivity contribution in [3.05, 3.63) is 96.1 Å². The van der Waals surface area contributed by atoms with Crippen LogP contribution >= 0.6 is 7.29 Å². The fourth-order valence-electron chi connectivity index (χ4n) is 2.51. The highest BCUT2D eigenvalue weighted by atomic mass is 31.2. The molecule has 0 aromatic heterocycles. The van der Waals surface area contributed by atoms with E-state index in [0.717, 1.165) is 5.56 Å². The molecule has 0 N–H and O–H groups in total. The second-order valence-electron chi connectivity index (χ2n) is 5.61. The van der Waals surface area contributed by atoms with Crippen molar-refractivity contribution in [2.75, 3.05) is 7.11 Å². The van der Waals surface area contributed by atoms with Crippen LogP contribution in [-0.4, -0.2) is 19.3 Å². The molecule has 130 valence electrons. The molecule has 0 saturated carbocycles. The Bertz CT molecular complexity index is 908. The third-order valence-electron chi connectivity index (χ3n) is 3.91. The van der Waals surface area contributed by atoms with Gasteiger partial charge in [0.25, 0.3) is 0 Å². The van der Waals surface area contributed by atoms with Gasteiger partial charge in [0.15, 0.2) is 0 Å².